The van der Waals surface area contributed by atoms with Crippen molar-refractivity contribution in [2.75, 3.05) is 12.3 Å². The molecule has 1 aromatic heterocycles. The summed E-state index contributed by atoms with van der Waals surface area (Å²) in [6, 6.07) is 13.6. The average molecular weight is 433 g/mol. The van der Waals surface area contributed by atoms with Gasteiger partial charge in [-0.2, -0.15) is 5.26 Å². The summed E-state index contributed by atoms with van der Waals surface area (Å²) in [5, 5.41) is 13.0. The number of aromatic nitrogens is 2. The summed E-state index contributed by atoms with van der Waals surface area (Å²) in [6.07, 6.45) is 0.235. The highest BCUT2D eigenvalue weighted by atomic mass is 35.5. The number of thioether (sulfide) groups is 1. The maximum atomic E-state index is 13.1. The Morgan fingerprint density at radius 3 is 2.61 bits per heavy atom. The van der Waals surface area contributed by atoms with Gasteiger partial charge >= 0.3 is 0 Å². The largest absolute Gasteiger partial charge is 0.354 e. The van der Waals surface area contributed by atoms with Gasteiger partial charge in [-0.25, -0.2) is 4.98 Å². The minimum absolute atomic E-state index is 0.0531. The van der Waals surface area contributed by atoms with Gasteiger partial charge in [0.15, 0.2) is 5.16 Å². The lowest BCUT2D eigenvalue weighted by Crippen LogP contribution is -2.27. The molecular formula is C19H14Cl2N4O2S. The zero-order valence-corrected chi connectivity index (χ0v) is 16.8. The molecule has 0 aliphatic carbocycles. The summed E-state index contributed by atoms with van der Waals surface area (Å²) in [5.74, 6) is -0.194. The lowest BCUT2D eigenvalue weighted by atomic mass is 10.2. The smallest absolute Gasteiger partial charge is 0.266 e. The van der Waals surface area contributed by atoms with E-state index in [1.165, 1.54) is 4.57 Å². The van der Waals surface area contributed by atoms with Crippen molar-refractivity contribution in [3.8, 4) is 11.8 Å². The molecule has 142 valence electrons. The molecule has 1 N–H and O–H groups in total. The summed E-state index contributed by atoms with van der Waals surface area (Å²) in [5.41, 5.74) is 0.776. The quantitative estimate of drug-likeness (QED) is 0.363. The van der Waals surface area contributed by atoms with Crippen LogP contribution in [0, 0.1) is 11.3 Å². The van der Waals surface area contributed by atoms with Crippen LogP contribution in [-0.4, -0.2) is 27.8 Å². The lowest BCUT2D eigenvalue weighted by Gasteiger charge is -2.13. The van der Waals surface area contributed by atoms with E-state index in [2.05, 4.69) is 10.3 Å². The van der Waals surface area contributed by atoms with E-state index in [1.807, 2.05) is 6.07 Å². The maximum Gasteiger partial charge on any atom is 0.266 e. The fourth-order valence-corrected chi connectivity index (χ4v) is 3.63. The molecule has 0 fully saturated rings. The van der Waals surface area contributed by atoms with E-state index in [1.54, 1.807) is 42.5 Å². The Balaban J connectivity index is 2.02. The molecule has 0 atom stereocenters. The van der Waals surface area contributed by atoms with E-state index in [9.17, 15) is 9.59 Å². The molecular weight excluding hydrogens is 419 g/mol. The summed E-state index contributed by atoms with van der Waals surface area (Å²) in [7, 11) is 0. The number of amides is 1. The third-order valence-electron chi connectivity index (χ3n) is 3.78. The molecule has 0 aliphatic rings. The van der Waals surface area contributed by atoms with Gasteiger partial charge in [-0.05, 0) is 42.5 Å². The predicted molar refractivity (Wildman–Crippen MR) is 111 cm³/mol. The molecule has 0 saturated carbocycles. The third kappa shape index (κ3) is 4.65. The van der Waals surface area contributed by atoms with E-state index in [4.69, 9.17) is 28.5 Å². The zero-order valence-electron chi connectivity index (χ0n) is 14.5. The lowest BCUT2D eigenvalue weighted by molar-refractivity contribution is -0.118. The van der Waals surface area contributed by atoms with Crippen molar-refractivity contribution in [1.82, 2.24) is 14.9 Å². The van der Waals surface area contributed by atoms with Gasteiger partial charge in [-0.15, -0.1) is 0 Å². The third-order valence-corrected chi connectivity index (χ3v) is 5.20. The van der Waals surface area contributed by atoms with Crippen LogP contribution in [0.1, 0.15) is 6.42 Å². The Morgan fingerprint density at radius 1 is 1.18 bits per heavy atom. The second-order valence-corrected chi connectivity index (χ2v) is 7.53. The summed E-state index contributed by atoms with van der Waals surface area (Å²) in [6.45, 7) is 0.278. The van der Waals surface area contributed by atoms with E-state index >= 15 is 0 Å². The highest BCUT2D eigenvalue weighted by Crippen LogP contribution is 2.23. The van der Waals surface area contributed by atoms with Gasteiger partial charge in [0.2, 0.25) is 5.91 Å². The molecule has 1 heterocycles. The number of nitriles is 1. The Labute approximate surface area is 175 Å². The van der Waals surface area contributed by atoms with Crippen LogP contribution in [0.5, 0.6) is 0 Å². The second-order valence-electron chi connectivity index (χ2n) is 5.72. The number of benzene rings is 2. The first kappa shape index (κ1) is 20.2. The highest BCUT2D eigenvalue weighted by molar-refractivity contribution is 7.99. The molecule has 28 heavy (non-hydrogen) atoms. The minimum atomic E-state index is -0.267. The van der Waals surface area contributed by atoms with Crippen LogP contribution in [-0.2, 0) is 4.79 Å². The molecule has 9 heteroatoms. The minimum Gasteiger partial charge on any atom is -0.354 e. The Kier molecular flexibility index (Phi) is 6.57. The number of halogens is 2. The van der Waals surface area contributed by atoms with Crippen molar-refractivity contribution >= 4 is 51.8 Å². The van der Waals surface area contributed by atoms with Crippen molar-refractivity contribution in [1.29, 1.82) is 5.26 Å². The Bertz CT molecular complexity index is 1120. The molecule has 0 bridgehead atoms. The number of rotatable bonds is 6. The van der Waals surface area contributed by atoms with Crippen molar-refractivity contribution in [2.24, 2.45) is 0 Å². The highest BCUT2D eigenvalue weighted by Gasteiger charge is 2.15. The number of hydrogen-bond donors (Lipinski definition) is 1. The maximum absolute atomic E-state index is 13.1. The number of hydrogen-bond acceptors (Lipinski definition) is 5. The molecule has 3 aromatic rings. The van der Waals surface area contributed by atoms with Gasteiger partial charge in [0, 0.05) is 16.6 Å². The monoisotopic (exact) mass is 432 g/mol. The van der Waals surface area contributed by atoms with Crippen molar-refractivity contribution in [3.05, 3.63) is 62.9 Å². The predicted octanol–water partition coefficient (Wildman–Crippen LogP) is 3.81. The van der Waals surface area contributed by atoms with Crippen LogP contribution in [0.3, 0.4) is 0 Å². The fraction of sp³-hybridized carbons (Fsp3) is 0.158. The van der Waals surface area contributed by atoms with Gasteiger partial charge in [-0.3, -0.25) is 14.2 Å². The molecule has 0 spiro atoms. The van der Waals surface area contributed by atoms with Crippen LogP contribution in [0.25, 0.3) is 16.6 Å². The SMILES string of the molecule is N#CCCNC(=O)CSc1nc2cc(Cl)ccc2c(=O)n1-c1ccc(Cl)cc1. The van der Waals surface area contributed by atoms with Crippen molar-refractivity contribution < 1.29 is 4.79 Å². The van der Waals surface area contributed by atoms with Crippen LogP contribution in [0.15, 0.2) is 52.4 Å². The number of nitrogens with one attached hydrogen (secondary N) is 1. The molecule has 0 saturated heterocycles. The first-order chi connectivity index (χ1) is 13.5. The Morgan fingerprint density at radius 2 is 1.89 bits per heavy atom. The molecule has 0 radical (unpaired) electrons. The molecule has 3 rings (SSSR count). The van der Waals surface area contributed by atoms with Gasteiger partial charge in [0.1, 0.15) is 0 Å². The fourth-order valence-electron chi connectivity index (χ4n) is 2.49. The van der Waals surface area contributed by atoms with Crippen molar-refractivity contribution in [3.63, 3.8) is 0 Å². The molecule has 6 nitrogen and oxygen atoms in total. The van der Waals surface area contributed by atoms with Gasteiger partial charge in [0.05, 0.1) is 34.8 Å². The number of nitrogens with zero attached hydrogens (tertiary/aromatic N) is 3. The molecule has 0 unspecified atom stereocenters. The first-order valence-electron chi connectivity index (χ1n) is 8.24. The van der Waals surface area contributed by atoms with E-state index in [0.717, 1.165) is 11.8 Å². The van der Waals surface area contributed by atoms with Crippen LogP contribution >= 0.6 is 35.0 Å². The van der Waals surface area contributed by atoms with Crippen LogP contribution in [0.4, 0.5) is 0 Å². The zero-order chi connectivity index (χ0) is 20.1. The summed E-state index contributed by atoms with van der Waals surface area (Å²) >= 11 is 13.1. The number of fused-ring (bicyclic) bond motifs is 1. The topological polar surface area (TPSA) is 87.8 Å². The van der Waals surface area contributed by atoms with Crippen molar-refractivity contribution in [2.45, 2.75) is 11.6 Å². The van der Waals surface area contributed by atoms with Gasteiger partial charge < -0.3 is 5.32 Å². The van der Waals surface area contributed by atoms with E-state index in [-0.39, 0.29) is 30.2 Å². The Hall–Kier alpha value is -2.53. The van der Waals surface area contributed by atoms with E-state index in [0.29, 0.717) is 31.8 Å². The second kappa shape index (κ2) is 9.11. The molecule has 1 amide bonds. The van der Waals surface area contributed by atoms with Crippen LogP contribution < -0.4 is 10.9 Å². The average Bonchev–Trinajstić information content (AvgIpc) is 2.67. The van der Waals surface area contributed by atoms with Gasteiger partial charge in [0.25, 0.3) is 5.56 Å². The molecule has 2 aromatic carbocycles. The molecule has 0 aliphatic heterocycles. The van der Waals surface area contributed by atoms with Gasteiger partial charge in [-0.1, -0.05) is 35.0 Å². The number of carbonyl (C=O) groups excluding carboxylic acids is 1. The summed E-state index contributed by atoms with van der Waals surface area (Å²) < 4.78 is 1.44. The summed E-state index contributed by atoms with van der Waals surface area (Å²) in [4.78, 5) is 29.6. The van der Waals surface area contributed by atoms with E-state index < -0.39 is 0 Å². The normalized spacial score (nSPS) is 10.6. The standard InChI is InChI=1S/C19H14Cl2N4O2S/c20-12-2-5-14(6-3-12)25-18(27)15-7-4-13(21)10-16(15)24-19(25)28-11-17(26)23-9-1-8-22/h2-7,10H,1,9,11H2,(H,23,26). The van der Waals surface area contributed by atoms with Crippen LogP contribution in [0.2, 0.25) is 10.0 Å². The first-order valence-corrected chi connectivity index (χ1v) is 9.98. The number of carbonyl (C=O) groups is 1.